The van der Waals surface area contributed by atoms with Crippen LogP contribution in [0.5, 0.6) is 0 Å². The second kappa shape index (κ2) is 4.31. The largest absolute Gasteiger partial charge is 0.374 e. The van der Waals surface area contributed by atoms with Gasteiger partial charge < -0.3 is 15.0 Å². The summed E-state index contributed by atoms with van der Waals surface area (Å²) in [5, 5.41) is 4.13. The molecule has 2 saturated heterocycles. The molecule has 0 saturated carbocycles. The van der Waals surface area contributed by atoms with Gasteiger partial charge in [0, 0.05) is 0 Å². The molecule has 0 radical (unpaired) electrons. The van der Waals surface area contributed by atoms with E-state index >= 15 is 0 Å². The van der Waals surface area contributed by atoms with Crippen molar-refractivity contribution in [3.05, 3.63) is 11.7 Å². The molecule has 1 aromatic heterocycles. The van der Waals surface area contributed by atoms with E-state index < -0.39 is 5.54 Å². The van der Waals surface area contributed by atoms with Crippen molar-refractivity contribution in [3.63, 3.8) is 0 Å². The Morgan fingerprint density at radius 3 is 2.67 bits per heavy atom. The van der Waals surface area contributed by atoms with E-state index in [9.17, 15) is 0 Å². The summed E-state index contributed by atoms with van der Waals surface area (Å²) in [4.78, 5) is 4.54. The second-order valence-corrected chi connectivity index (χ2v) is 5.54. The summed E-state index contributed by atoms with van der Waals surface area (Å²) in [5.74, 6) is 1.67. The Morgan fingerprint density at radius 1 is 1.33 bits per heavy atom. The number of aromatic nitrogens is 2. The highest BCUT2D eigenvalue weighted by atomic mass is 16.5. The first-order chi connectivity index (χ1) is 8.66. The van der Waals surface area contributed by atoms with Gasteiger partial charge in [-0.05, 0) is 32.1 Å². The third kappa shape index (κ3) is 1.77. The molecule has 2 fully saturated rings. The molecule has 5 heteroatoms. The molecular formula is C13H21N3O2. The maximum Gasteiger partial charge on any atom is 0.246 e. The van der Waals surface area contributed by atoms with Gasteiger partial charge in [0.25, 0.3) is 0 Å². The quantitative estimate of drug-likeness (QED) is 0.886. The van der Waals surface area contributed by atoms with Crippen LogP contribution in [0.15, 0.2) is 4.52 Å². The molecule has 2 aliphatic heterocycles. The van der Waals surface area contributed by atoms with Crippen LogP contribution in [0.4, 0.5) is 0 Å². The van der Waals surface area contributed by atoms with Gasteiger partial charge in [-0.15, -0.1) is 0 Å². The minimum Gasteiger partial charge on any atom is -0.374 e. The highest BCUT2D eigenvalue weighted by molar-refractivity contribution is 5.09. The van der Waals surface area contributed by atoms with Crippen molar-refractivity contribution in [2.45, 2.75) is 69.6 Å². The highest BCUT2D eigenvalue weighted by Crippen LogP contribution is 2.43. The number of fused-ring (bicyclic) bond motifs is 2. The zero-order valence-corrected chi connectivity index (χ0v) is 11.1. The molecule has 3 heterocycles. The maximum atomic E-state index is 6.28. The van der Waals surface area contributed by atoms with E-state index in [2.05, 4.69) is 10.1 Å². The third-order valence-corrected chi connectivity index (χ3v) is 4.57. The molecule has 2 bridgehead atoms. The number of hydrogen-bond acceptors (Lipinski definition) is 5. The van der Waals surface area contributed by atoms with Crippen LogP contribution >= 0.6 is 0 Å². The summed E-state index contributed by atoms with van der Waals surface area (Å²) < 4.78 is 11.2. The molecule has 18 heavy (non-hydrogen) atoms. The van der Waals surface area contributed by atoms with Crippen molar-refractivity contribution in [1.82, 2.24) is 10.1 Å². The summed E-state index contributed by atoms with van der Waals surface area (Å²) in [6, 6.07) is 0. The minimum atomic E-state index is -0.482. The average Bonchev–Trinajstić information content (AvgIpc) is 3.12. The molecule has 2 aliphatic rings. The molecule has 0 amide bonds. The Kier molecular flexibility index (Phi) is 2.90. The summed E-state index contributed by atoms with van der Waals surface area (Å²) in [6.45, 7) is 4.10. The topological polar surface area (TPSA) is 74.2 Å². The number of nitrogens with two attached hydrogens (primary N) is 1. The minimum absolute atomic E-state index is 0.288. The predicted octanol–water partition coefficient (Wildman–Crippen LogP) is 2.08. The first-order valence-corrected chi connectivity index (χ1v) is 6.94. The van der Waals surface area contributed by atoms with Gasteiger partial charge in [-0.1, -0.05) is 19.0 Å². The lowest BCUT2D eigenvalue weighted by Gasteiger charge is -2.21. The van der Waals surface area contributed by atoms with Crippen LogP contribution in [0.25, 0.3) is 0 Å². The van der Waals surface area contributed by atoms with E-state index in [0.29, 0.717) is 17.9 Å². The van der Waals surface area contributed by atoms with Gasteiger partial charge in [-0.2, -0.15) is 4.98 Å². The van der Waals surface area contributed by atoms with Crippen LogP contribution in [-0.2, 0) is 10.3 Å². The van der Waals surface area contributed by atoms with Crippen LogP contribution < -0.4 is 5.73 Å². The lowest BCUT2D eigenvalue weighted by atomic mass is 9.88. The van der Waals surface area contributed by atoms with Crippen LogP contribution in [-0.4, -0.2) is 22.3 Å². The summed E-state index contributed by atoms with van der Waals surface area (Å²) in [7, 11) is 0. The van der Waals surface area contributed by atoms with Crippen molar-refractivity contribution in [3.8, 4) is 0 Å². The molecule has 3 rings (SSSR count). The summed E-state index contributed by atoms with van der Waals surface area (Å²) in [5.41, 5.74) is 5.80. The first-order valence-electron chi connectivity index (χ1n) is 6.94. The molecule has 0 aliphatic carbocycles. The van der Waals surface area contributed by atoms with Crippen molar-refractivity contribution in [2.75, 3.05) is 0 Å². The van der Waals surface area contributed by atoms with Gasteiger partial charge in [0.05, 0.1) is 23.7 Å². The molecule has 5 nitrogen and oxygen atoms in total. The molecule has 100 valence electrons. The van der Waals surface area contributed by atoms with E-state index in [0.717, 1.165) is 31.5 Å². The maximum absolute atomic E-state index is 6.28. The molecular weight excluding hydrogens is 230 g/mol. The smallest absolute Gasteiger partial charge is 0.246 e. The Labute approximate surface area is 107 Å². The van der Waals surface area contributed by atoms with Crippen molar-refractivity contribution >= 4 is 0 Å². The highest BCUT2D eigenvalue weighted by Gasteiger charge is 2.44. The fraction of sp³-hybridized carbons (Fsp3) is 0.846. The molecule has 3 unspecified atom stereocenters. The fourth-order valence-electron chi connectivity index (χ4n) is 3.05. The number of hydrogen-bond donors (Lipinski definition) is 1. The SMILES string of the molecule is CCC(N)(CC)c1nc(C2CC3CCC2O3)no1. The molecule has 1 aromatic rings. The third-order valence-electron chi connectivity index (χ3n) is 4.57. The summed E-state index contributed by atoms with van der Waals surface area (Å²) in [6.07, 6.45) is 5.62. The van der Waals surface area contributed by atoms with Crippen LogP contribution in [0.3, 0.4) is 0 Å². The van der Waals surface area contributed by atoms with E-state index in [1.54, 1.807) is 0 Å². The van der Waals surface area contributed by atoms with E-state index in [1.807, 2.05) is 13.8 Å². The first kappa shape index (κ1) is 12.1. The summed E-state index contributed by atoms with van der Waals surface area (Å²) >= 11 is 0. The van der Waals surface area contributed by atoms with Crippen molar-refractivity contribution < 1.29 is 9.26 Å². The monoisotopic (exact) mass is 251 g/mol. The molecule has 2 N–H and O–H groups in total. The van der Waals surface area contributed by atoms with Gasteiger partial charge in [-0.3, -0.25) is 0 Å². The fourth-order valence-corrected chi connectivity index (χ4v) is 3.05. The second-order valence-electron chi connectivity index (χ2n) is 5.54. The van der Waals surface area contributed by atoms with Crippen LogP contribution in [0.1, 0.15) is 63.6 Å². The van der Waals surface area contributed by atoms with Gasteiger partial charge >= 0.3 is 0 Å². The Bertz CT molecular complexity index is 428. The zero-order valence-electron chi connectivity index (χ0n) is 11.1. The molecule has 0 aromatic carbocycles. The van der Waals surface area contributed by atoms with Gasteiger partial charge in [0.1, 0.15) is 0 Å². The normalized spacial score (nSPS) is 31.2. The predicted molar refractivity (Wildman–Crippen MR) is 66.0 cm³/mol. The Morgan fingerprint density at radius 2 is 2.11 bits per heavy atom. The van der Waals surface area contributed by atoms with Gasteiger partial charge in [-0.25, -0.2) is 0 Å². The van der Waals surface area contributed by atoms with Gasteiger partial charge in [0.2, 0.25) is 5.89 Å². The van der Waals surface area contributed by atoms with Crippen LogP contribution in [0, 0.1) is 0 Å². The van der Waals surface area contributed by atoms with Crippen LogP contribution in [0.2, 0.25) is 0 Å². The Balaban J connectivity index is 1.81. The van der Waals surface area contributed by atoms with Crippen molar-refractivity contribution in [2.24, 2.45) is 5.73 Å². The van der Waals surface area contributed by atoms with E-state index in [4.69, 9.17) is 15.0 Å². The zero-order chi connectivity index (χ0) is 12.8. The number of nitrogens with zero attached hydrogens (tertiary/aromatic N) is 2. The van der Waals surface area contributed by atoms with Gasteiger partial charge in [0.15, 0.2) is 5.82 Å². The lowest BCUT2D eigenvalue weighted by Crippen LogP contribution is -2.35. The van der Waals surface area contributed by atoms with E-state index in [1.165, 1.54) is 6.42 Å². The van der Waals surface area contributed by atoms with Crippen molar-refractivity contribution in [1.29, 1.82) is 0 Å². The molecule has 3 atom stereocenters. The molecule has 0 spiro atoms. The van der Waals surface area contributed by atoms with E-state index in [-0.39, 0.29) is 6.10 Å². The standard InChI is InChI=1S/C13H21N3O2/c1-3-13(14,4-2)12-15-11(16-18-12)9-7-8-5-6-10(9)17-8/h8-10H,3-7,14H2,1-2H3. The number of ether oxygens (including phenoxy) is 1. The number of rotatable bonds is 4. The lowest BCUT2D eigenvalue weighted by molar-refractivity contribution is 0.0996. The Hall–Kier alpha value is -0.940. The average molecular weight is 251 g/mol.